The lowest BCUT2D eigenvalue weighted by Gasteiger charge is -2.36. The molecule has 4 atom stereocenters. The summed E-state index contributed by atoms with van der Waals surface area (Å²) in [6.45, 7) is 2.84. The SMILES string of the molecule is CC1CCC(N)CC1C(=O)N1CCCC1C(=O)N(C)C. The van der Waals surface area contributed by atoms with E-state index in [1.165, 1.54) is 0 Å². The van der Waals surface area contributed by atoms with Crippen molar-refractivity contribution in [1.82, 2.24) is 9.80 Å². The number of likely N-dealkylation sites (tertiary alicyclic amines) is 1. The fraction of sp³-hybridized carbons (Fsp3) is 0.867. The highest BCUT2D eigenvalue weighted by atomic mass is 16.2. The Labute approximate surface area is 121 Å². The largest absolute Gasteiger partial charge is 0.347 e. The smallest absolute Gasteiger partial charge is 0.244 e. The van der Waals surface area contributed by atoms with E-state index in [0.29, 0.717) is 12.5 Å². The molecule has 20 heavy (non-hydrogen) atoms. The van der Waals surface area contributed by atoms with Crippen LogP contribution in [0.1, 0.15) is 39.0 Å². The van der Waals surface area contributed by atoms with Gasteiger partial charge in [0.15, 0.2) is 0 Å². The first-order valence-electron chi connectivity index (χ1n) is 7.69. The molecule has 1 aliphatic heterocycles. The number of hydrogen-bond acceptors (Lipinski definition) is 3. The summed E-state index contributed by atoms with van der Waals surface area (Å²) in [6, 6.07) is -0.131. The molecule has 0 bridgehead atoms. The van der Waals surface area contributed by atoms with Crippen LogP contribution < -0.4 is 5.73 Å². The molecule has 1 saturated carbocycles. The maximum atomic E-state index is 12.8. The molecule has 2 amide bonds. The topological polar surface area (TPSA) is 66.6 Å². The third-order valence-electron chi connectivity index (χ3n) is 4.82. The summed E-state index contributed by atoms with van der Waals surface area (Å²) in [5, 5.41) is 0. The lowest BCUT2D eigenvalue weighted by Crippen LogP contribution is -2.50. The van der Waals surface area contributed by atoms with Gasteiger partial charge in [0.05, 0.1) is 0 Å². The van der Waals surface area contributed by atoms with Crippen LogP contribution in [0.15, 0.2) is 0 Å². The van der Waals surface area contributed by atoms with Crippen LogP contribution in [0.2, 0.25) is 0 Å². The summed E-state index contributed by atoms with van der Waals surface area (Å²) in [6.07, 6.45) is 4.49. The molecule has 1 saturated heterocycles. The minimum Gasteiger partial charge on any atom is -0.347 e. The normalized spacial score (nSPS) is 34.1. The number of carbonyl (C=O) groups excluding carboxylic acids is 2. The standard InChI is InChI=1S/C15H27N3O2/c1-10-6-7-11(16)9-12(10)14(19)18-8-4-5-13(18)15(20)17(2)3/h10-13H,4-9,16H2,1-3H3. The van der Waals surface area contributed by atoms with E-state index in [1.807, 2.05) is 4.90 Å². The molecule has 5 nitrogen and oxygen atoms in total. The average molecular weight is 281 g/mol. The molecule has 0 radical (unpaired) electrons. The van der Waals surface area contributed by atoms with Crippen molar-refractivity contribution < 1.29 is 9.59 Å². The predicted octanol–water partition coefficient (Wildman–Crippen LogP) is 0.829. The van der Waals surface area contributed by atoms with Crippen LogP contribution in [0.3, 0.4) is 0 Å². The highest BCUT2D eigenvalue weighted by Gasteiger charge is 2.40. The number of hydrogen-bond donors (Lipinski definition) is 1. The number of carbonyl (C=O) groups is 2. The zero-order chi connectivity index (χ0) is 14.9. The Morgan fingerprint density at radius 2 is 1.90 bits per heavy atom. The third kappa shape index (κ3) is 2.97. The molecule has 2 rings (SSSR count). The van der Waals surface area contributed by atoms with E-state index in [4.69, 9.17) is 5.73 Å². The Morgan fingerprint density at radius 1 is 1.20 bits per heavy atom. The van der Waals surface area contributed by atoms with E-state index in [9.17, 15) is 9.59 Å². The zero-order valence-corrected chi connectivity index (χ0v) is 12.8. The monoisotopic (exact) mass is 281 g/mol. The van der Waals surface area contributed by atoms with Gasteiger partial charge in [-0.1, -0.05) is 6.92 Å². The quantitative estimate of drug-likeness (QED) is 0.815. The van der Waals surface area contributed by atoms with Crippen LogP contribution in [0.5, 0.6) is 0 Å². The van der Waals surface area contributed by atoms with E-state index >= 15 is 0 Å². The lowest BCUT2D eigenvalue weighted by molar-refractivity contribution is -0.146. The summed E-state index contributed by atoms with van der Waals surface area (Å²) < 4.78 is 0. The van der Waals surface area contributed by atoms with Gasteiger partial charge < -0.3 is 15.5 Å². The third-order valence-corrected chi connectivity index (χ3v) is 4.82. The Bertz CT molecular complexity index is 383. The van der Waals surface area contributed by atoms with Crippen LogP contribution >= 0.6 is 0 Å². The van der Waals surface area contributed by atoms with Gasteiger partial charge in [0, 0.05) is 32.6 Å². The molecule has 5 heteroatoms. The van der Waals surface area contributed by atoms with Gasteiger partial charge in [0.25, 0.3) is 0 Å². The first-order valence-corrected chi connectivity index (χ1v) is 7.69. The molecule has 0 aromatic carbocycles. The Kier molecular flexibility index (Phi) is 4.68. The number of amides is 2. The Morgan fingerprint density at radius 3 is 2.55 bits per heavy atom. The van der Waals surface area contributed by atoms with E-state index in [2.05, 4.69) is 6.92 Å². The van der Waals surface area contributed by atoms with Crippen LogP contribution in [-0.4, -0.2) is 54.3 Å². The van der Waals surface area contributed by atoms with Gasteiger partial charge in [-0.05, 0) is 38.0 Å². The Balaban J connectivity index is 2.09. The molecule has 0 aromatic heterocycles. The molecular weight excluding hydrogens is 254 g/mol. The summed E-state index contributed by atoms with van der Waals surface area (Å²) in [5.41, 5.74) is 6.02. The highest BCUT2D eigenvalue weighted by molar-refractivity contribution is 5.89. The highest BCUT2D eigenvalue weighted by Crippen LogP contribution is 2.32. The van der Waals surface area contributed by atoms with Crippen molar-refractivity contribution in [2.45, 2.75) is 51.1 Å². The van der Waals surface area contributed by atoms with Gasteiger partial charge >= 0.3 is 0 Å². The molecular formula is C15H27N3O2. The van der Waals surface area contributed by atoms with E-state index in [-0.39, 0.29) is 29.8 Å². The van der Waals surface area contributed by atoms with Crippen LogP contribution in [0, 0.1) is 11.8 Å². The number of rotatable bonds is 2. The molecule has 2 N–H and O–H groups in total. The van der Waals surface area contributed by atoms with Crippen molar-refractivity contribution in [2.75, 3.05) is 20.6 Å². The molecule has 2 aliphatic rings. The molecule has 4 unspecified atom stereocenters. The molecule has 2 fully saturated rings. The maximum absolute atomic E-state index is 12.8. The molecule has 114 valence electrons. The molecule has 0 spiro atoms. The van der Waals surface area contributed by atoms with Crippen LogP contribution in [0.4, 0.5) is 0 Å². The lowest BCUT2D eigenvalue weighted by atomic mass is 9.77. The molecule has 1 heterocycles. The minimum atomic E-state index is -0.261. The van der Waals surface area contributed by atoms with Gasteiger partial charge in [-0.2, -0.15) is 0 Å². The predicted molar refractivity (Wildman–Crippen MR) is 77.9 cm³/mol. The van der Waals surface area contributed by atoms with Gasteiger partial charge in [-0.25, -0.2) is 0 Å². The van der Waals surface area contributed by atoms with Crippen molar-refractivity contribution in [3.05, 3.63) is 0 Å². The maximum Gasteiger partial charge on any atom is 0.244 e. The molecule has 1 aliphatic carbocycles. The van der Waals surface area contributed by atoms with Crippen molar-refractivity contribution >= 4 is 11.8 Å². The second kappa shape index (κ2) is 6.12. The average Bonchev–Trinajstić information content (AvgIpc) is 2.88. The van der Waals surface area contributed by atoms with Gasteiger partial charge in [0.2, 0.25) is 11.8 Å². The fourth-order valence-electron chi connectivity index (χ4n) is 3.50. The number of nitrogens with zero attached hydrogens (tertiary/aromatic N) is 2. The van der Waals surface area contributed by atoms with Gasteiger partial charge in [0.1, 0.15) is 6.04 Å². The first kappa shape index (κ1) is 15.3. The minimum absolute atomic E-state index is 0.00527. The fourth-order valence-corrected chi connectivity index (χ4v) is 3.50. The number of nitrogens with two attached hydrogens (primary N) is 1. The van der Waals surface area contributed by atoms with Crippen molar-refractivity contribution in [3.63, 3.8) is 0 Å². The Hall–Kier alpha value is -1.10. The van der Waals surface area contributed by atoms with Crippen LogP contribution in [-0.2, 0) is 9.59 Å². The summed E-state index contributed by atoms with van der Waals surface area (Å²) in [5.74, 6) is 0.557. The zero-order valence-electron chi connectivity index (χ0n) is 12.8. The van der Waals surface area contributed by atoms with E-state index in [0.717, 1.165) is 32.1 Å². The summed E-state index contributed by atoms with van der Waals surface area (Å²) in [7, 11) is 3.50. The first-order chi connectivity index (χ1) is 9.41. The van der Waals surface area contributed by atoms with Crippen molar-refractivity contribution in [3.8, 4) is 0 Å². The van der Waals surface area contributed by atoms with Crippen molar-refractivity contribution in [2.24, 2.45) is 17.6 Å². The van der Waals surface area contributed by atoms with Crippen LogP contribution in [0.25, 0.3) is 0 Å². The van der Waals surface area contributed by atoms with Gasteiger partial charge in [-0.3, -0.25) is 9.59 Å². The second-order valence-corrected chi connectivity index (χ2v) is 6.58. The van der Waals surface area contributed by atoms with E-state index in [1.54, 1.807) is 19.0 Å². The van der Waals surface area contributed by atoms with Gasteiger partial charge in [-0.15, -0.1) is 0 Å². The summed E-state index contributed by atoms with van der Waals surface area (Å²) >= 11 is 0. The van der Waals surface area contributed by atoms with E-state index < -0.39 is 0 Å². The second-order valence-electron chi connectivity index (χ2n) is 6.58. The molecule has 0 aromatic rings. The summed E-state index contributed by atoms with van der Waals surface area (Å²) in [4.78, 5) is 28.4. The van der Waals surface area contributed by atoms with Crippen molar-refractivity contribution in [1.29, 1.82) is 0 Å². The number of likely N-dealkylation sites (N-methyl/N-ethyl adjacent to an activating group) is 1.